The molecular formula is C19H24N2O5S. The molecule has 3 rings (SSSR count). The van der Waals surface area contributed by atoms with E-state index in [4.69, 9.17) is 9.15 Å². The minimum absolute atomic E-state index is 0.139. The number of ether oxygens (including phenoxy) is 1. The first-order chi connectivity index (χ1) is 12.8. The number of carbonyl (C=O) groups is 1. The summed E-state index contributed by atoms with van der Waals surface area (Å²) in [6, 6.07) is 6.15. The third kappa shape index (κ3) is 4.01. The van der Waals surface area contributed by atoms with Crippen LogP contribution in [0.25, 0.3) is 0 Å². The van der Waals surface area contributed by atoms with Gasteiger partial charge >= 0.3 is 0 Å². The lowest BCUT2D eigenvalue weighted by atomic mass is 10.2. The van der Waals surface area contributed by atoms with E-state index in [2.05, 4.69) is 5.32 Å². The summed E-state index contributed by atoms with van der Waals surface area (Å²) in [5, 5.41) is 2.74. The third-order valence-corrected chi connectivity index (χ3v) is 6.55. The van der Waals surface area contributed by atoms with Gasteiger partial charge in [-0.2, -0.15) is 4.31 Å². The van der Waals surface area contributed by atoms with Crippen molar-refractivity contribution in [3.05, 3.63) is 41.3 Å². The Bertz CT molecular complexity index is 943. The maximum Gasteiger partial charge on any atom is 0.259 e. The van der Waals surface area contributed by atoms with Crippen LogP contribution in [0, 0.1) is 13.8 Å². The summed E-state index contributed by atoms with van der Waals surface area (Å²) in [6.07, 6.45) is 2.76. The Hall–Kier alpha value is -2.32. The van der Waals surface area contributed by atoms with Crippen molar-refractivity contribution in [1.29, 1.82) is 0 Å². The number of hydrogen-bond donors (Lipinski definition) is 1. The molecule has 7 nitrogen and oxygen atoms in total. The number of piperidine rings is 1. The van der Waals surface area contributed by atoms with E-state index in [9.17, 15) is 13.2 Å². The second kappa shape index (κ2) is 7.74. The molecule has 0 unspecified atom stereocenters. The van der Waals surface area contributed by atoms with E-state index in [0.29, 0.717) is 41.6 Å². The van der Waals surface area contributed by atoms with Crippen LogP contribution in [0.2, 0.25) is 0 Å². The van der Waals surface area contributed by atoms with Crippen LogP contribution in [0.5, 0.6) is 5.75 Å². The number of anilines is 1. The van der Waals surface area contributed by atoms with Crippen LogP contribution in [0.15, 0.2) is 33.6 Å². The third-order valence-electron chi connectivity index (χ3n) is 4.66. The van der Waals surface area contributed by atoms with Crippen LogP contribution in [-0.2, 0) is 10.0 Å². The van der Waals surface area contributed by atoms with E-state index >= 15 is 0 Å². The highest BCUT2D eigenvalue weighted by atomic mass is 32.2. The van der Waals surface area contributed by atoms with Crippen molar-refractivity contribution in [3.8, 4) is 5.75 Å². The van der Waals surface area contributed by atoms with Crippen LogP contribution in [0.3, 0.4) is 0 Å². The molecule has 1 aromatic heterocycles. The number of carbonyl (C=O) groups excluding carboxylic acids is 1. The smallest absolute Gasteiger partial charge is 0.259 e. The number of furan rings is 1. The monoisotopic (exact) mass is 392 g/mol. The number of methoxy groups -OCH3 is 1. The lowest BCUT2D eigenvalue weighted by Gasteiger charge is -2.26. The van der Waals surface area contributed by atoms with Crippen molar-refractivity contribution in [2.45, 2.75) is 38.0 Å². The molecule has 146 valence electrons. The largest absolute Gasteiger partial charge is 0.495 e. The molecular weight excluding hydrogens is 368 g/mol. The molecule has 0 aliphatic carbocycles. The molecule has 0 saturated carbocycles. The van der Waals surface area contributed by atoms with Crippen molar-refractivity contribution >= 4 is 21.6 Å². The number of sulfonamides is 1. The van der Waals surface area contributed by atoms with Crippen LogP contribution in [0.1, 0.15) is 41.1 Å². The van der Waals surface area contributed by atoms with E-state index in [-0.39, 0.29) is 10.8 Å². The Morgan fingerprint density at radius 3 is 2.44 bits per heavy atom. The molecule has 0 radical (unpaired) electrons. The molecule has 2 aromatic rings. The van der Waals surface area contributed by atoms with Gasteiger partial charge in [-0.15, -0.1) is 0 Å². The number of amides is 1. The number of aryl methyl sites for hydroxylation is 2. The average Bonchev–Trinajstić information content (AvgIpc) is 3.00. The van der Waals surface area contributed by atoms with Gasteiger partial charge < -0.3 is 14.5 Å². The van der Waals surface area contributed by atoms with Crippen LogP contribution < -0.4 is 10.1 Å². The van der Waals surface area contributed by atoms with Crippen molar-refractivity contribution in [2.24, 2.45) is 0 Å². The summed E-state index contributed by atoms with van der Waals surface area (Å²) in [4.78, 5) is 12.7. The summed E-state index contributed by atoms with van der Waals surface area (Å²) in [5.74, 6) is 1.14. The van der Waals surface area contributed by atoms with E-state index in [1.807, 2.05) is 0 Å². The van der Waals surface area contributed by atoms with Gasteiger partial charge in [0.1, 0.15) is 17.3 Å². The first-order valence-electron chi connectivity index (χ1n) is 8.89. The molecule has 1 saturated heterocycles. The van der Waals surface area contributed by atoms with Gasteiger partial charge in [-0.1, -0.05) is 6.42 Å². The highest BCUT2D eigenvalue weighted by Gasteiger charge is 2.27. The number of nitrogens with one attached hydrogen (secondary N) is 1. The maximum atomic E-state index is 12.9. The molecule has 1 amide bonds. The van der Waals surface area contributed by atoms with Gasteiger partial charge in [-0.05, 0) is 51.0 Å². The van der Waals surface area contributed by atoms with Crippen LogP contribution >= 0.6 is 0 Å². The minimum atomic E-state index is -3.61. The second-order valence-corrected chi connectivity index (χ2v) is 8.55. The molecule has 0 bridgehead atoms. The zero-order valence-corrected chi connectivity index (χ0v) is 16.6. The molecule has 1 N–H and O–H groups in total. The van der Waals surface area contributed by atoms with E-state index in [1.54, 1.807) is 26.0 Å². The van der Waals surface area contributed by atoms with Gasteiger partial charge in [0.2, 0.25) is 10.0 Å². The minimum Gasteiger partial charge on any atom is -0.495 e. The fraction of sp³-hybridized carbons (Fsp3) is 0.421. The molecule has 1 aliphatic heterocycles. The van der Waals surface area contributed by atoms with Crippen molar-refractivity contribution in [2.75, 3.05) is 25.5 Å². The van der Waals surface area contributed by atoms with Gasteiger partial charge in [0.25, 0.3) is 5.91 Å². The fourth-order valence-corrected chi connectivity index (χ4v) is 4.79. The Morgan fingerprint density at radius 1 is 1.15 bits per heavy atom. The lowest BCUT2D eigenvalue weighted by molar-refractivity contribution is 0.102. The van der Waals surface area contributed by atoms with Crippen molar-refractivity contribution in [1.82, 2.24) is 4.31 Å². The zero-order chi connectivity index (χ0) is 19.6. The lowest BCUT2D eigenvalue weighted by Crippen LogP contribution is -2.35. The highest BCUT2D eigenvalue weighted by Crippen LogP contribution is 2.30. The highest BCUT2D eigenvalue weighted by molar-refractivity contribution is 7.89. The van der Waals surface area contributed by atoms with Gasteiger partial charge in [0.05, 0.1) is 23.3 Å². The normalized spacial score (nSPS) is 15.5. The van der Waals surface area contributed by atoms with Crippen molar-refractivity contribution in [3.63, 3.8) is 0 Å². The number of hydrogen-bond acceptors (Lipinski definition) is 5. The number of nitrogens with zero attached hydrogens (tertiary/aromatic N) is 1. The predicted octanol–water partition coefficient (Wildman–Crippen LogP) is 3.33. The first-order valence-corrected chi connectivity index (χ1v) is 10.3. The second-order valence-electron chi connectivity index (χ2n) is 6.61. The fourth-order valence-electron chi connectivity index (χ4n) is 3.25. The van der Waals surface area contributed by atoms with Gasteiger partial charge in [0, 0.05) is 13.1 Å². The van der Waals surface area contributed by atoms with Gasteiger partial charge in [-0.3, -0.25) is 4.79 Å². The van der Waals surface area contributed by atoms with Crippen LogP contribution in [0.4, 0.5) is 5.69 Å². The molecule has 2 heterocycles. The van der Waals surface area contributed by atoms with E-state index < -0.39 is 10.0 Å². The summed E-state index contributed by atoms with van der Waals surface area (Å²) in [6.45, 7) is 4.50. The molecule has 1 aliphatic rings. The van der Waals surface area contributed by atoms with E-state index in [0.717, 1.165) is 19.3 Å². The topological polar surface area (TPSA) is 88.9 Å². The molecule has 1 fully saturated rings. The Morgan fingerprint density at radius 2 is 1.85 bits per heavy atom. The van der Waals surface area contributed by atoms with Crippen molar-refractivity contribution < 1.29 is 22.4 Å². The molecule has 1 aromatic carbocycles. The average molecular weight is 392 g/mol. The SMILES string of the molecule is COc1ccc(S(=O)(=O)N2CCCCC2)cc1NC(=O)c1cc(C)oc1C. The van der Waals surface area contributed by atoms with E-state index in [1.165, 1.54) is 23.5 Å². The Balaban J connectivity index is 1.92. The molecule has 27 heavy (non-hydrogen) atoms. The number of rotatable bonds is 5. The molecule has 8 heteroatoms. The standard InChI is InChI=1S/C19H24N2O5S/c1-13-11-16(14(2)26-13)19(22)20-17-12-15(7-8-18(17)25-3)27(23,24)21-9-5-4-6-10-21/h7-8,11-12H,4-6,9-10H2,1-3H3,(H,20,22). The number of benzene rings is 1. The molecule has 0 spiro atoms. The van der Waals surface area contributed by atoms with Crippen LogP contribution in [-0.4, -0.2) is 38.8 Å². The molecule has 0 atom stereocenters. The summed E-state index contributed by atoms with van der Waals surface area (Å²) >= 11 is 0. The van der Waals surface area contributed by atoms with Gasteiger partial charge in [0.15, 0.2) is 0 Å². The maximum absolute atomic E-state index is 12.9. The Kier molecular flexibility index (Phi) is 5.57. The Labute approximate surface area is 159 Å². The van der Waals surface area contributed by atoms with Gasteiger partial charge in [-0.25, -0.2) is 8.42 Å². The summed E-state index contributed by atoms with van der Waals surface area (Å²) in [7, 11) is -2.14. The quantitative estimate of drug-likeness (QED) is 0.843. The summed E-state index contributed by atoms with van der Waals surface area (Å²) in [5.41, 5.74) is 0.706. The first kappa shape index (κ1) is 19.4. The predicted molar refractivity (Wildman–Crippen MR) is 102 cm³/mol. The summed E-state index contributed by atoms with van der Waals surface area (Å²) < 4.78 is 38.0. The zero-order valence-electron chi connectivity index (χ0n) is 15.7.